The predicted molar refractivity (Wildman–Crippen MR) is 61.4 cm³/mol. The second-order valence-corrected chi connectivity index (χ2v) is 3.29. The van der Waals surface area contributed by atoms with Gasteiger partial charge in [-0.1, -0.05) is 0 Å². The van der Waals surface area contributed by atoms with E-state index in [1.165, 1.54) is 0 Å². The van der Waals surface area contributed by atoms with Crippen molar-refractivity contribution in [3.8, 4) is 0 Å². The highest BCUT2D eigenvalue weighted by Gasteiger charge is 2.09. The Bertz CT molecular complexity index is 244. The molecule has 4 radical (unpaired) electrons. The van der Waals surface area contributed by atoms with Gasteiger partial charge in [0.2, 0.25) is 5.96 Å². The number of amides is 2. The molecule has 0 aliphatic heterocycles. The second-order valence-electron chi connectivity index (χ2n) is 1.90. The van der Waals surface area contributed by atoms with Crippen molar-refractivity contribution >= 4 is 52.0 Å². The standard InChI is InChI=1S/C3H7B2N5O4P2/c4-9-15-13-2(11)7-1(6)8-3(12)14-16-10-5/h9-10,15-16H,(H3,6,7,8,11,12). The first-order chi connectivity index (χ1) is 7.60. The van der Waals surface area contributed by atoms with Crippen molar-refractivity contribution in [3.63, 3.8) is 0 Å². The average Bonchev–Trinajstić information content (AvgIpc) is 2.23. The maximum atomic E-state index is 10.8. The third-order valence-corrected chi connectivity index (χ3v) is 1.67. The number of guanidine groups is 1. The highest BCUT2D eigenvalue weighted by atomic mass is 31.1. The summed E-state index contributed by atoms with van der Waals surface area (Å²) in [6.07, 6.45) is -1.89. The monoisotopic (exact) mass is 261 g/mol. The molecule has 0 bridgehead atoms. The van der Waals surface area contributed by atoms with Gasteiger partial charge in [-0.25, -0.2) is 9.59 Å². The lowest BCUT2D eigenvalue weighted by Crippen LogP contribution is -2.42. The minimum Gasteiger partial charge on any atom is -0.416 e. The molecule has 2 atom stereocenters. The van der Waals surface area contributed by atoms with Crippen molar-refractivity contribution in [1.29, 1.82) is 5.41 Å². The van der Waals surface area contributed by atoms with Crippen LogP contribution in [0.1, 0.15) is 0 Å². The van der Waals surface area contributed by atoms with Gasteiger partial charge in [-0.3, -0.25) is 16.0 Å². The molecule has 0 heterocycles. The Morgan fingerprint density at radius 3 is 1.69 bits per heavy atom. The van der Waals surface area contributed by atoms with Crippen molar-refractivity contribution < 1.29 is 18.6 Å². The van der Waals surface area contributed by atoms with Gasteiger partial charge in [0.15, 0.2) is 16.0 Å². The van der Waals surface area contributed by atoms with Crippen LogP contribution in [0.2, 0.25) is 0 Å². The fourth-order valence-corrected chi connectivity index (χ4v) is 0.843. The lowest BCUT2D eigenvalue weighted by atomic mass is 10.5. The molecule has 0 rings (SSSR count). The fourth-order valence-electron chi connectivity index (χ4n) is 0.438. The lowest BCUT2D eigenvalue weighted by Gasteiger charge is -2.08. The summed E-state index contributed by atoms with van der Waals surface area (Å²) in [4.78, 5) is 25.8. The molecule has 16 heavy (non-hydrogen) atoms. The summed E-state index contributed by atoms with van der Waals surface area (Å²) in [5.41, 5.74) is 0. The first-order valence-corrected chi connectivity index (χ1v) is 5.37. The molecular formula is C3H7B2N5O4P2. The molecule has 13 heteroatoms. The highest BCUT2D eigenvalue weighted by molar-refractivity contribution is 7.32. The van der Waals surface area contributed by atoms with Crippen LogP contribution in [-0.4, -0.2) is 34.1 Å². The second kappa shape index (κ2) is 9.35. The first kappa shape index (κ1) is 15.1. The smallest absolute Gasteiger partial charge is 0.416 e. The number of rotatable bonds is 4. The van der Waals surface area contributed by atoms with Gasteiger partial charge >= 0.3 is 12.2 Å². The van der Waals surface area contributed by atoms with Gasteiger partial charge in [-0.05, 0) is 0 Å². The quantitative estimate of drug-likeness (QED) is 0.186. The Balaban J connectivity index is 3.72. The maximum absolute atomic E-state index is 10.8. The number of hydrogen-bond donors (Lipinski definition) is 5. The van der Waals surface area contributed by atoms with E-state index in [0.29, 0.717) is 0 Å². The van der Waals surface area contributed by atoms with E-state index in [4.69, 9.17) is 21.4 Å². The molecule has 0 saturated carbocycles. The summed E-state index contributed by atoms with van der Waals surface area (Å²) in [5, 5.41) is 10.9. The molecule has 0 aromatic rings. The van der Waals surface area contributed by atoms with Crippen molar-refractivity contribution in [2.45, 2.75) is 0 Å². The van der Waals surface area contributed by atoms with Crippen LogP contribution in [0.25, 0.3) is 0 Å². The number of hydrogen-bond acceptors (Lipinski definition) is 7. The molecule has 0 aromatic carbocycles. The maximum Gasteiger partial charge on any atom is 0.417 e. The summed E-state index contributed by atoms with van der Waals surface area (Å²) in [5.74, 6) is -0.598. The van der Waals surface area contributed by atoms with E-state index in [1.807, 2.05) is 10.6 Å². The van der Waals surface area contributed by atoms with E-state index in [2.05, 4.69) is 19.0 Å². The molecule has 0 spiro atoms. The highest BCUT2D eigenvalue weighted by Crippen LogP contribution is 2.03. The molecule has 0 aliphatic carbocycles. The van der Waals surface area contributed by atoms with Crippen LogP contribution >= 0.6 is 17.9 Å². The summed E-state index contributed by atoms with van der Waals surface area (Å²) in [6.45, 7) is 0. The topological polar surface area (TPSA) is 125 Å². The van der Waals surface area contributed by atoms with Crippen molar-refractivity contribution in [2.75, 3.05) is 0 Å². The van der Waals surface area contributed by atoms with Gasteiger partial charge in [0.25, 0.3) is 0 Å². The number of carbonyl (C=O) groups excluding carboxylic acids is 2. The molecule has 0 saturated heterocycles. The van der Waals surface area contributed by atoms with E-state index in [9.17, 15) is 9.59 Å². The third kappa shape index (κ3) is 8.43. The zero-order valence-corrected chi connectivity index (χ0v) is 9.79. The van der Waals surface area contributed by atoms with Gasteiger partial charge in [0.1, 0.15) is 17.9 Å². The molecule has 0 fully saturated rings. The predicted octanol–water partition coefficient (Wildman–Crippen LogP) is -1.26. The summed E-state index contributed by atoms with van der Waals surface area (Å²) in [7, 11) is 8.76. The Morgan fingerprint density at radius 1 is 1.00 bits per heavy atom. The SMILES string of the molecule is [B]NPOC(=O)NC(=N)NC(=O)OPN[B]. The molecule has 84 valence electrons. The molecule has 2 unspecified atom stereocenters. The molecule has 5 N–H and O–H groups in total. The zero-order chi connectivity index (χ0) is 12.4. The van der Waals surface area contributed by atoms with Gasteiger partial charge in [0, 0.05) is 0 Å². The van der Waals surface area contributed by atoms with E-state index in [-0.39, 0.29) is 0 Å². The van der Waals surface area contributed by atoms with E-state index in [1.54, 1.807) is 0 Å². The summed E-state index contributed by atoms with van der Waals surface area (Å²) < 4.78 is 8.81. The van der Waals surface area contributed by atoms with E-state index in [0.717, 1.165) is 0 Å². The Labute approximate surface area is 97.4 Å². The van der Waals surface area contributed by atoms with Crippen LogP contribution < -0.4 is 20.6 Å². The van der Waals surface area contributed by atoms with Crippen LogP contribution in [0, 0.1) is 5.41 Å². The van der Waals surface area contributed by atoms with Crippen molar-refractivity contribution in [2.24, 2.45) is 0 Å². The van der Waals surface area contributed by atoms with Gasteiger partial charge < -0.3 is 19.0 Å². The minimum absolute atomic E-state index is 0.459. The average molecular weight is 261 g/mol. The first-order valence-electron chi connectivity index (χ1n) is 3.55. The molecular weight excluding hydrogens is 254 g/mol. The van der Waals surface area contributed by atoms with Crippen molar-refractivity contribution in [3.05, 3.63) is 0 Å². The fraction of sp³-hybridized carbons (Fsp3) is 0. The Kier molecular flexibility index (Phi) is 8.84. The van der Waals surface area contributed by atoms with Crippen LogP contribution in [0.5, 0.6) is 0 Å². The molecule has 9 nitrogen and oxygen atoms in total. The summed E-state index contributed by atoms with van der Waals surface area (Å²) >= 11 is 0. The van der Waals surface area contributed by atoms with E-state index >= 15 is 0 Å². The van der Waals surface area contributed by atoms with Gasteiger partial charge in [0.05, 0.1) is 0 Å². The van der Waals surface area contributed by atoms with E-state index < -0.39 is 36.1 Å². The molecule has 0 aromatic heterocycles. The Morgan fingerprint density at radius 2 is 1.38 bits per heavy atom. The zero-order valence-electron chi connectivity index (χ0n) is 7.79. The largest absolute Gasteiger partial charge is 0.417 e. The van der Waals surface area contributed by atoms with Crippen LogP contribution in [0.4, 0.5) is 9.59 Å². The molecule has 2 amide bonds. The van der Waals surface area contributed by atoms with Crippen LogP contribution in [0.15, 0.2) is 0 Å². The van der Waals surface area contributed by atoms with Crippen molar-refractivity contribution in [1.82, 2.24) is 20.6 Å². The lowest BCUT2D eigenvalue weighted by molar-refractivity contribution is 0.209. The third-order valence-electron chi connectivity index (χ3n) is 0.859. The number of nitrogens with one attached hydrogen (secondary N) is 5. The van der Waals surface area contributed by atoms with Crippen LogP contribution in [0.3, 0.4) is 0 Å². The van der Waals surface area contributed by atoms with Gasteiger partial charge in [-0.2, -0.15) is 0 Å². The van der Waals surface area contributed by atoms with Gasteiger partial charge in [-0.15, -0.1) is 0 Å². The normalized spacial score (nSPS) is 10.5. The summed E-state index contributed by atoms with van der Waals surface area (Å²) in [6, 6.07) is 0. The minimum atomic E-state index is -0.944. The number of carbonyl (C=O) groups is 2. The molecule has 0 aliphatic rings. The Hall–Kier alpha value is -0.880. The van der Waals surface area contributed by atoms with Crippen LogP contribution in [-0.2, 0) is 9.05 Å².